The van der Waals surface area contributed by atoms with Crippen LogP contribution in [0.4, 0.5) is 10.1 Å². The molecule has 0 radical (unpaired) electrons. The van der Waals surface area contributed by atoms with E-state index in [4.69, 9.17) is 17.3 Å². The van der Waals surface area contributed by atoms with Gasteiger partial charge in [-0.1, -0.05) is 11.6 Å². The molecule has 90 valence electrons. The lowest BCUT2D eigenvalue weighted by atomic mass is 10.3. The number of hydrogen-bond acceptors (Lipinski definition) is 3. The molecule has 0 aliphatic rings. The molecule has 0 aliphatic heterocycles. The van der Waals surface area contributed by atoms with E-state index in [1.165, 1.54) is 12.3 Å². The van der Waals surface area contributed by atoms with Crippen LogP contribution >= 0.6 is 11.6 Å². The largest absolute Gasteiger partial charge is 0.397 e. The van der Waals surface area contributed by atoms with E-state index in [0.29, 0.717) is 22.7 Å². The summed E-state index contributed by atoms with van der Waals surface area (Å²) in [6.45, 7) is 0. The van der Waals surface area contributed by atoms with E-state index in [9.17, 15) is 4.39 Å². The van der Waals surface area contributed by atoms with Gasteiger partial charge in [-0.25, -0.2) is 9.37 Å². The molecule has 3 N–H and O–H groups in total. The minimum Gasteiger partial charge on any atom is -0.397 e. The molecule has 0 fully saturated rings. The second-order valence-corrected chi connectivity index (χ2v) is 4.23. The number of nitrogens with one attached hydrogen (secondary N) is 1. The van der Waals surface area contributed by atoms with Gasteiger partial charge in [0.15, 0.2) is 11.6 Å². The first-order chi connectivity index (χ1) is 8.65. The molecule has 0 bridgehead atoms. The zero-order valence-electron chi connectivity index (χ0n) is 9.11. The van der Waals surface area contributed by atoms with E-state index in [-0.39, 0.29) is 10.5 Å². The van der Waals surface area contributed by atoms with Gasteiger partial charge in [-0.2, -0.15) is 0 Å². The molecule has 0 saturated heterocycles. The van der Waals surface area contributed by atoms with Crippen LogP contribution in [0, 0.1) is 5.82 Å². The topological polar surface area (TPSA) is 67.6 Å². The lowest BCUT2D eigenvalue weighted by Gasteiger charge is -1.95. The van der Waals surface area contributed by atoms with Crippen molar-refractivity contribution in [3.8, 4) is 11.5 Å². The molecular weight excluding hydrogens is 255 g/mol. The van der Waals surface area contributed by atoms with Crippen LogP contribution in [0.15, 0.2) is 30.5 Å². The van der Waals surface area contributed by atoms with Crippen molar-refractivity contribution in [2.45, 2.75) is 0 Å². The van der Waals surface area contributed by atoms with Crippen molar-refractivity contribution in [2.75, 3.05) is 5.73 Å². The number of nitrogens with zero attached hydrogens (tertiary/aromatic N) is 2. The zero-order chi connectivity index (χ0) is 12.7. The summed E-state index contributed by atoms with van der Waals surface area (Å²) in [6, 6.07) is 6.58. The van der Waals surface area contributed by atoms with Crippen molar-refractivity contribution in [1.29, 1.82) is 0 Å². The fourth-order valence-corrected chi connectivity index (χ4v) is 1.84. The van der Waals surface area contributed by atoms with Gasteiger partial charge in [0.1, 0.15) is 11.2 Å². The standard InChI is InChI=1S/C12H8ClFN4/c13-7-2-4-8-11(10(7)14)18-12(17-8)9-3-1-6(15)5-16-9/h1-5H,15H2,(H,17,18). The van der Waals surface area contributed by atoms with Crippen LogP contribution in [0.25, 0.3) is 22.6 Å². The molecule has 4 nitrogen and oxygen atoms in total. The van der Waals surface area contributed by atoms with Gasteiger partial charge in [-0.3, -0.25) is 4.98 Å². The summed E-state index contributed by atoms with van der Waals surface area (Å²) in [5.41, 5.74) is 7.49. The number of anilines is 1. The van der Waals surface area contributed by atoms with Gasteiger partial charge in [0.2, 0.25) is 0 Å². The minimum absolute atomic E-state index is 0.0471. The Morgan fingerprint density at radius 1 is 1.22 bits per heavy atom. The van der Waals surface area contributed by atoms with E-state index in [1.54, 1.807) is 18.2 Å². The average Bonchev–Trinajstić information content (AvgIpc) is 2.80. The number of rotatable bonds is 1. The zero-order valence-corrected chi connectivity index (χ0v) is 9.87. The molecule has 0 amide bonds. The predicted octanol–water partition coefficient (Wildman–Crippen LogP) is 3.00. The van der Waals surface area contributed by atoms with E-state index in [0.717, 1.165) is 0 Å². The summed E-state index contributed by atoms with van der Waals surface area (Å²) in [6.07, 6.45) is 1.52. The number of fused-ring (bicyclic) bond motifs is 1. The fraction of sp³-hybridized carbons (Fsp3) is 0. The Morgan fingerprint density at radius 3 is 2.78 bits per heavy atom. The molecule has 0 atom stereocenters. The summed E-state index contributed by atoms with van der Waals surface area (Å²) in [7, 11) is 0. The molecular formula is C12H8ClFN4. The SMILES string of the molecule is Nc1ccc(-c2nc3c(F)c(Cl)ccc3[nH]2)nc1. The van der Waals surface area contributed by atoms with Crippen molar-refractivity contribution in [3.63, 3.8) is 0 Å². The van der Waals surface area contributed by atoms with Crippen molar-refractivity contribution in [3.05, 3.63) is 41.3 Å². The maximum Gasteiger partial charge on any atom is 0.169 e. The first-order valence-corrected chi connectivity index (χ1v) is 5.58. The Hall–Kier alpha value is -2.14. The number of imidazole rings is 1. The Morgan fingerprint density at radius 2 is 2.06 bits per heavy atom. The monoisotopic (exact) mass is 262 g/mol. The Balaban J connectivity index is 2.19. The highest BCUT2D eigenvalue weighted by Crippen LogP contribution is 2.25. The van der Waals surface area contributed by atoms with E-state index >= 15 is 0 Å². The van der Waals surface area contributed by atoms with Crippen LogP contribution in [0.2, 0.25) is 5.02 Å². The molecule has 3 rings (SSSR count). The number of benzene rings is 1. The molecule has 0 spiro atoms. The number of pyridine rings is 1. The van der Waals surface area contributed by atoms with Gasteiger partial charge >= 0.3 is 0 Å². The summed E-state index contributed by atoms with van der Waals surface area (Å²) >= 11 is 5.70. The molecule has 0 saturated carbocycles. The first kappa shape index (κ1) is 11.0. The number of H-pyrrole nitrogens is 1. The third kappa shape index (κ3) is 1.69. The predicted molar refractivity (Wildman–Crippen MR) is 68.7 cm³/mol. The number of halogens is 2. The van der Waals surface area contributed by atoms with Gasteiger partial charge < -0.3 is 10.7 Å². The molecule has 2 heterocycles. The third-order valence-electron chi connectivity index (χ3n) is 2.57. The van der Waals surface area contributed by atoms with Crippen molar-refractivity contribution < 1.29 is 4.39 Å². The second-order valence-electron chi connectivity index (χ2n) is 3.82. The molecule has 18 heavy (non-hydrogen) atoms. The van der Waals surface area contributed by atoms with Gasteiger partial charge in [-0.15, -0.1) is 0 Å². The number of nitrogen functional groups attached to an aromatic ring is 1. The van der Waals surface area contributed by atoms with Gasteiger partial charge in [0.25, 0.3) is 0 Å². The number of aromatic nitrogens is 3. The molecule has 2 aromatic heterocycles. The highest BCUT2D eigenvalue weighted by molar-refractivity contribution is 6.31. The van der Waals surface area contributed by atoms with Gasteiger partial charge in [-0.05, 0) is 24.3 Å². The van der Waals surface area contributed by atoms with E-state index < -0.39 is 5.82 Å². The Labute approximate surface area is 107 Å². The maximum atomic E-state index is 13.7. The fourth-order valence-electron chi connectivity index (χ4n) is 1.68. The Kier molecular flexibility index (Phi) is 2.41. The third-order valence-corrected chi connectivity index (χ3v) is 2.87. The normalized spacial score (nSPS) is 11.0. The number of nitrogens with two attached hydrogens (primary N) is 1. The van der Waals surface area contributed by atoms with Gasteiger partial charge in [0, 0.05) is 0 Å². The number of aromatic amines is 1. The van der Waals surface area contributed by atoms with Crippen molar-refractivity contribution >= 4 is 28.3 Å². The lowest BCUT2D eigenvalue weighted by molar-refractivity contribution is 0.638. The highest BCUT2D eigenvalue weighted by Gasteiger charge is 2.12. The summed E-state index contributed by atoms with van der Waals surface area (Å²) in [4.78, 5) is 11.3. The molecule has 0 unspecified atom stereocenters. The second kappa shape index (κ2) is 3.96. The Bertz CT molecular complexity index is 721. The molecule has 0 aliphatic carbocycles. The quantitative estimate of drug-likeness (QED) is 0.708. The smallest absolute Gasteiger partial charge is 0.169 e. The average molecular weight is 263 g/mol. The van der Waals surface area contributed by atoms with Crippen LogP contribution in [0.3, 0.4) is 0 Å². The van der Waals surface area contributed by atoms with Gasteiger partial charge in [0.05, 0.1) is 22.4 Å². The lowest BCUT2D eigenvalue weighted by Crippen LogP contribution is -1.89. The van der Waals surface area contributed by atoms with Crippen LogP contribution in [0.5, 0.6) is 0 Å². The molecule has 1 aromatic carbocycles. The maximum absolute atomic E-state index is 13.7. The number of hydrogen-bond donors (Lipinski definition) is 2. The van der Waals surface area contributed by atoms with Crippen LogP contribution in [-0.4, -0.2) is 15.0 Å². The minimum atomic E-state index is -0.535. The molecule has 3 aromatic rings. The van der Waals surface area contributed by atoms with E-state index in [1.807, 2.05) is 0 Å². The van der Waals surface area contributed by atoms with Crippen LogP contribution < -0.4 is 5.73 Å². The summed E-state index contributed by atoms with van der Waals surface area (Å²) in [5.74, 6) is -0.0571. The first-order valence-electron chi connectivity index (χ1n) is 5.21. The van der Waals surface area contributed by atoms with E-state index in [2.05, 4.69) is 15.0 Å². The summed E-state index contributed by atoms with van der Waals surface area (Å²) < 4.78 is 13.7. The van der Waals surface area contributed by atoms with Crippen molar-refractivity contribution in [2.24, 2.45) is 0 Å². The highest BCUT2D eigenvalue weighted by atomic mass is 35.5. The molecule has 6 heteroatoms. The van der Waals surface area contributed by atoms with Crippen molar-refractivity contribution in [1.82, 2.24) is 15.0 Å². The van der Waals surface area contributed by atoms with Crippen LogP contribution in [-0.2, 0) is 0 Å². The van der Waals surface area contributed by atoms with Crippen LogP contribution in [0.1, 0.15) is 0 Å². The summed E-state index contributed by atoms with van der Waals surface area (Å²) in [5, 5.41) is 0.0471.